The molecule has 132 valence electrons. The highest BCUT2D eigenvalue weighted by Gasteiger charge is 2.35. The van der Waals surface area contributed by atoms with Crippen LogP contribution in [0, 0.1) is 5.92 Å². The van der Waals surface area contributed by atoms with E-state index in [0.29, 0.717) is 0 Å². The van der Waals surface area contributed by atoms with Crippen molar-refractivity contribution in [3.63, 3.8) is 0 Å². The number of benzene rings is 1. The Morgan fingerprint density at radius 1 is 1.21 bits per heavy atom. The number of nitrogens with one attached hydrogen (secondary N) is 1. The Hall–Kier alpha value is -1.56. The highest BCUT2D eigenvalue weighted by Crippen LogP contribution is 2.39. The van der Waals surface area contributed by atoms with Gasteiger partial charge in [-0.15, -0.1) is 0 Å². The van der Waals surface area contributed by atoms with Crippen LogP contribution in [0.2, 0.25) is 0 Å². The Labute approximate surface area is 140 Å². The normalized spacial score (nSPS) is 26.0. The molecular formula is C18H23F3N2O. The molecule has 1 saturated heterocycles. The first-order valence-electron chi connectivity index (χ1n) is 8.49. The van der Waals surface area contributed by atoms with Crippen LogP contribution in [0.3, 0.4) is 0 Å². The van der Waals surface area contributed by atoms with E-state index in [0.717, 1.165) is 50.4 Å². The standard InChI is InChI=1S/C18H23F3N2O/c1-23-7-5-12(6-8-23)17(24)22-16-10-14(11-16)13-3-2-4-15(9-13)18(19,20)21/h2-4,9,12,14,16H,5-8,10-11H2,1H3,(H,22,24). The molecule has 0 atom stereocenters. The van der Waals surface area contributed by atoms with E-state index >= 15 is 0 Å². The second kappa shape index (κ2) is 6.75. The maximum atomic E-state index is 12.8. The first-order chi connectivity index (χ1) is 11.3. The monoisotopic (exact) mass is 340 g/mol. The van der Waals surface area contributed by atoms with Crippen molar-refractivity contribution in [1.82, 2.24) is 10.2 Å². The smallest absolute Gasteiger partial charge is 0.353 e. The molecule has 2 fully saturated rings. The maximum Gasteiger partial charge on any atom is 0.416 e. The fraction of sp³-hybridized carbons (Fsp3) is 0.611. The molecule has 1 heterocycles. The van der Waals surface area contributed by atoms with Crippen LogP contribution in [-0.2, 0) is 11.0 Å². The van der Waals surface area contributed by atoms with Gasteiger partial charge in [0.25, 0.3) is 0 Å². The van der Waals surface area contributed by atoms with E-state index in [2.05, 4.69) is 17.3 Å². The van der Waals surface area contributed by atoms with Crippen LogP contribution in [0.25, 0.3) is 0 Å². The fourth-order valence-corrected chi connectivity index (χ4v) is 3.57. The van der Waals surface area contributed by atoms with Gasteiger partial charge in [0.15, 0.2) is 0 Å². The third-order valence-corrected chi connectivity index (χ3v) is 5.26. The summed E-state index contributed by atoms with van der Waals surface area (Å²) in [6.07, 6.45) is -1.10. The first-order valence-corrected chi connectivity index (χ1v) is 8.49. The van der Waals surface area contributed by atoms with E-state index in [1.54, 1.807) is 6.07 Å². The van der Waals surface area contributed by atoms with Crippen molar-refractivity contribution in [3.05, 3.63) is 35.4 Å². The fourth-order valence-electron chi connectivity index (χ4n) is 3.57. The zero-order valence-corrected chi connectivity index (χ0v) is 13.8. The summed E-state index contributed by atoms with van der Waals surface area (Å²) in [6, 6.07) is 5.63. The third kappa shape index (κ3) is 3.91. The van der Waals surface area contributed by atoms with Gasteiger partial charge in [-0.1, -0.05) is 18.2 Å². The molecule has 0 aromatic heterocycles. The Morgan fingerprint density at radius 2 is 1.88 bits per heavy atom. The largest absolute Gasteiger partial charge is 0.416 e. The number of hydrogen-bond donors (Lipinski definition) is 1. The van der Waals surface area contributed by atoms with Crippen LogP contribution in [0.4, 0.5) is 13.2 Å². The molecule has 0 radical (unpaired) electrons. The molecule has 1 aromatic carbocycles. The van der Waals surface area contributed by atoms with E-state index in [1.807, 2.05) is 0 Å². The van der Waals surface area contributed by atoms with Gasteiger partial charge < -0.3 is 10.2 Å². The van der Waals surface area contributed by atoms with Gasteiger partial charge in [-0.3, -0.25) is 4.79 Å². The number of carbonyl (C=O) groups excluding carboxylic acids is 1. The Bertz CT molecular complexity index is 588. The highest BCUT2D eigenvalue weighted by atomic mass is 19.4. The third-order valence-electron chi connectivity index (χ3n) is 5.26. The number of alkyl halides is 3. The summed E-state index contributed by atoms with van der Waals surface area (Å²) in [4.78, 5) is 14.5. The van der Waals surface area contributed by atoms with Crippen molar-refractivity contribution in [2.24, 2.45) is 5.92 Å². The quantitative estimate of drug-likeness (QED) is 0.915. The summed E-state index contributed by atoms with van der Waals surface area (Å²) in [5, 5.41) is 3.07. The summed E-state index contributed by atoms with van der Waals surface area (Å²) < 4.78 is 38.3. The average molecular weight is 340 g/mol. The van der Waals surface area contributed by atoms with Gasteiger partial charge in [0.05, 0.1) is 5.56 Å². The van der Waals surface area contributed by atoms with E-state index in [4.69, 9.17) is 0 Å². The molecule has 0 unspecified atom stereocenters. The Morgan fingerprint density at radius 3 is 2.50 bits per heavy atom. The molecule has 2 aliphatic rings. The van der Waals surface area contributed by atoms with Crippen molar-refractivity contribution in [1.29, 1.82) is 0 Å². The lowest BCUT2D eigenvalue weighted by molar-refractivity contribution is -0.137. The molecule has 1 amide bonds. The molecule has 24 heavy (non-hydrogen) atoms. The minimum absolute atomic E-state index is 0.0776. The summed E-state index contributed by atoms with van der Waals surface area (Å²) in [6.45, 7) is 1.88. The zero-order valence-electron chi connectivity index (χ0n) is 13.8. The topological polar surface area (TPSA) is 32.3 Å². The highest BCUT2D eigenvalue weighted by molar-refractivity contribution is 5.79. The molecule has 1 saturated carbocycles. The molecule has 0 spiro atoms. The number of carbonyl (C=O) groups is 1. The van der Waals surface area contributed by atoms with Gasteiger partial charge in [0.1, 0.15) is 0 Å². The minimum atomic E-state index is -4.30. The van der Waals surface area contributed by atoms with Crippen molar-refractivity contribution in [2.75, 3.05) is 20.1 Å². The van der Waals surface area contributed by atoms with Gasteiger partial charge in [-0.25, -0.2) is 0 Å². The summed E-state index contributed by atoms with van der Waals surface area (Å²) in [7, 11) is 2.06. The molecule has 1 aliphatic heterocycles. The van der Waals surface area contributed by atoms with Crippen LogP contribution in [0.5, 0.6) is 0 Å². The van der Waals surface area contributed by atoms with Crippen molar-refractivity contribution in [2.45, 2.75) is 43.8 Å². The molecular weight excluding hydrogens is 317 g/mol. The molecule has 6 heteroatoms. The second-order valence-corrected chi connectivity index (χ2v) is 7.07. The van der Waals surface area contributed by atoms with Crippen LogP contribution >= 0.6 is 0 Å². The van der Waals surface area contributed by atoms with Gasteiger partial charge in [0, 0.05) is 12.0 Å². The van der Waals surface area contributed by atoms with Crippen LogP contribution < -0.4 is 5.32 Å². The van der Waals surface area contributed by atoms with E-state index in [-0.39, 0.29) is 23.8 Å². The maximum absolute atomic E-state index is 12.8. The molecule has 3 rings (SSSR count). The number of likely N-dealkylation sites (tertiary alicyclic amines) is 1. The van der Waals surface area contributed by atoms with Gasteiger partial charge in [0.2, 0.25) is 5.91 Å². The molecule has 3 nitrogen and oxygen atoms in total. The van der Waals surface area contributed by atoms with Crippen LogP contribution in [-0.4, -0.2) is 37.0 Å². The van der Waals surface area contributed by atoms with Gasteiger partial charge in [-0.05, 0) is 63.4 Å². The number of piperidine rings is 1. The Kier molecular flexibility index (Phi) is 4.85. The second-order valence-electron chi connectivity index (χ2n) is 7.07. The van der Waals surface area contributed by atoms with Crippen molar-refractivity contribution >= 4 is 5.91 Å². The Balaban J connectivity index is 1.50. The number of nitrogens with zero attached hydrogens (tertiary/aromatic N) is 1. The predicted molar refractivity (Wildman–Crippen MR) is 85.6 cm³/mol. The van der Waals surface area contributed by atoms with Crippen LogP contribution in [0.15, 0.2) is 24.3 Å². The summed E-state index contributed by atoms with van der Waals surface area (Å²) >= 11 is 0. The lowest BCUT2D eigenvalue weighted by Crippen LogP contribution is -2.47. The van der Waals surface area contributed by atoms with Crippen molar-refractivity contribution in [3.8, 4) is 0 Å². The van der Waals surface area contributed by atoms with Gasteiger partial charge in [-0.2, -0.15) is 13.2 Å². The summed E-state index contributed by atoms with van der Waals surface area (Å²) in [5.74, 6) is 0.291. The lowest BCUT2D eigenvalue weighted by atomic mass is 9.75. The summed E-state index contributed by atoms with van der Waals surface area (Å²) in [5.41, 5.74) is 0.119. The van der Waals surface area contributed by atoms with E-state index in [1.165, 1.54) is 12.1 Å². The van der Waals surface area contributed by atoms with Crippen molar-refractivity contribution < 1.29 is 18.0 Å². The SMILES string of the molecule is CN1CCC(C(=O)NC2CC(c3cccc(C(F)(F)F)c3)C2)CC1. The lowest BCUT2D eigenvalue weighted by Gasteiger charge is -2.38. The molecule has 1 N–H and O–H groups in total. The van der Waals surface area contributed by atoms with Crippen LogP contribution in [0.1, 0.15) is 42.7 Å². The predicted octanol–water partition coefficient (Wildman–Crippen LogP) is 3.41. The molecule has 1 aromatic rings. The molecule has 0 bridgehead atoms. The first kappa shape index (κ1) is 17.3. The molecule has 1 aliphatic carbocycles. The number of hydrogen-bond acceptors (Lipinski definition) is 2. The number of rotatable bonds is 3. The minimum Gasteiger partial charge on any atom is -0.353 e. The average Bonchev–Trinajstić information content (AvgIpc) is 2.50. The number of amides is 1. The van der Waals surface area contributed by atoms with E-state index in [9.17, 15) is 18.0 Å². The zero-order chi connectivity index (χ0) is 17.3. The van der Waals surface area contributed by atoms with E-state index < -0.39 is 11.7 Å². The van der Waals surface area contributed by atoms with Gasteiger partial charge >= 0.3 is 6.18 Å². The number of halogens is 3.